The van der Waals surface area contributed by atoms with Gasteiger partial charge in [-0.15, -0.1) is 11.3 Å². The van der Waals surface area contributed by atoms with E-state index in [0.29, 0.717) is 15.5 Å². The number of halogens is 1. The van der Waals surface area contributed by atoms with Crippen LogP contribution in [0.25, 0.3) is 15.7 Å². The van der Waals surface area contributed by atoms with Gasteiger partial charge in [-0.05, 0) is 35.2 Å². The molecule has 1 heterocycles. The Hall–Kier alpha value is -1.90. The average molecular weight is 299 g/mol. The zero-order chi connectivity index (χ0) is 14.1. The van der Waals surface area contributed by atoms with Gasteiger partial charge < -0.3 is 0 Å². The molecule has 1 nitrogen and oxygen atoms in total. The van der Waals surface area contributed by atoms with Crippen LogP contribution >= 0.6 is 22.9 Å². The Bertz CT molecular complexity index is 766. The summed E-state index contributed by atoms with van der Waals surface area (Å²) in [5, 5.41) is 1.74. The number of carbonyl (C=O) groups excluding carboxylic acids is 1. The maximum absolute atomic E-state index is 12.5. The van der Waals surface area contributed by atoms with Crippen molar-refractivity contribution in [1.82, 2.24) is 0 Å². The molecule has 0 amide bonds. The largest absolute Gasteiger partial charge is 0.288 e. The van der Waals surface area contributed by atoms with Crippen LogP contribution in [0.4, 0.5) is 0 Å². The van der Waals surface area contributed by atoms with Crippen molar-refractivity contribution < 1.29 is 4.79 Å². The number of Topliss-reactive ketones (excluding diaryl/α,β-unsaturated/α-hetero) is 1. The first-order valence-corrected chi connectivity index (χ1v) is 7.33. The van der Waals surface area contributed by atoms with E-state index in [9.17, 15) is 4.79 Å². The van der Waals surface area contributed by atoms with Crippen LogP contribution in [-0.2, 0) is 0 Å². The second kappa shape index (κ2) is 5.23. The lowest BCUT2D eigenvalue weighted by Crippen LogP contribution is -1.98. The number of rotatable bonds is 3. The maximum Gasteiger partial charge on any atom is 0.202 e. The predicted molar refractivity (Wildman–Crippen MR) is 86.6 cm³/mol. The number of ketones is 1. The van der Waals surface area contributed by atoms with Crippen LogP contribution in [-0.4, -0.2) is 5.78 Å². The summed E-state index contributed by atoms with van der Waals surface area (Å²) >= 11 is 7.35. The summed E-state index contributed by atoms with van der Waals surface area (Å²) in [5.74, 6) is -0.0338. The average Bonchev–Trinajstić information content (AvgIpc) is 2.90. The van der Waals surface area contributed by atoms with Gasteiger partial charge in [-0.3, -0.25) is 4.79 Å². The smallest absolute Gasteiger partial charge is 0.202 e. The lowest BCUT2D eigenvalue weighted by Gasteiger charge is -2.03. The Kier molecular flexibility index (Phi) is 3.43. The van der Waals surface area contributed by atoms with Crippen LogP contribution in [0.3, 0.4) is 0 Å². The summed E-state index contributed by atoms with van der Waals surface area (Å²) in [4.78, 5) is 13.2. The van der Waals surface area contributed by atoms with Crippen molar-refractivity contribution in [1.29, 1.82) is 0 Å². The molecule has 0 spiro atoms. The standard InChI is InChI=1S/C17H11ClOS/c1-11(12-6-8-14(18)9-7-12)17(19)16-10-13-4-2-3-5-15(13)20-16/h2-10H,1H2. The van der Waals surface area contributed by atoms with Crippen molar-refractivity contribution in [2.45, 2.75) is 0 Å². The molecule has 0 aliphatic heterocycles. The van der Waals surface area contributed by atoms with Crippen LogP contribution in [0.5, 0.6) is 0 Å². The van der Waals surface area contributed by atoms with Gasteiger partial charge in [-0.1, -0.05) is 48.5 Å². The molecule has 0 radical (unpaired) electrons. The van der Waals surface area contributed by atoms with Gasteiger partial charge in [-0.2, -0.15) is 0 Å². The van der Waals surface area contributed by atoms with E-state index in [0.717, 1.165) is 15.6 Å². The van der Waals surface area contributed by atoms with Gasteiger partial charge in [0.2, 0.25) is 5.78 Å². The maximum atomic E-state index is 12.5. The zero-order valence-electron chi connectivity index (χ0n) is 10.6. The fraction of sp³-hybridized carbons (Fsp3) is 0. The molecule has 0 aliphatic carbocycles. The second-order valence-corrected chi connectivity index (χ2v) is 5.98. The van der Waals surface area contributed by atoms with Gasteiger partial charge in [0.25, 0.3) is 0 Å². The third kappa shape index (κ3) is 2.40. The molecule has 3 heteroatoms. The summed E-state index contributed by atoms with van der Waals surface area (Å²) in [6.07, 6.45) is 0. The van der Waals surface area contributed by atoms with E-state index in [1.807, 2.05) is 42.5 Å². The van der Waals surface area contributed by atoms with E-state index in [-0.39, 0.29) is 5.78 Å². The van der Waals surface area contributed by atoms with Gasteiger partial charge in [0.15, 0.2) is 0 Å². The van der Waals surface area contributed by atoms with E-state index in [2.05, 4.69) is 6.58 Å². The van der Waals surface area contributed by atoms with E-state index in [1.54, 1.807) is 12.1 Å². The lowest BCUT2D eigenvalue weighted by molar-refractivity contribution is 0.106. The Labute approximate surface area is 126 Å². The molecule has 20 heavy (non-hydrogen) atoms. The number of carbonyl (C=O) groups is 1. The molecule has 0 unspecified atom stereocenters. The third-order valence-electron chi connectivity index (χ3n) is 3.12. The summed E-state index contributed by atoms with van der Waals surface area (Å²) in [6, 6.07) is 17.0. The number of fused-ring (bicyclic) bond motifs is 1. The summed E-state index contributed by atoms with van der Waals surface area (Å²) < 4.78 is 1.11. The van der Waals surface area contributed by atoms with Crippen molar-refractivity contribution in [3.63, 3.8) is 0 Å². The molecule has 0 atom stereocenters. The first kappa shape index (κ1) is 13.1. The van der Waals surface area contributed by atoms with Crippen LogP contribution in [0.15, 0.2) is 61.2 Å². The molecule has 1 aromatic heterocycles. The predicted octanol–water partition coefficient (Wildman–Crippen LogP) is 5.45. The van der Waals surface area contributed by atoms with E-state index >= 15 is 0 Å². The van der Waals surface area contributed by atoms with Gasteiger partial charge in [0.05, 0.1) is 4.88 Å². The number of benzene rings is 2. The molecular weight excluding hydrogens is 288 g/mol. The molecule has 0 bridgehead atoms. The summed E-state index contributed by atoms with van der Waals surface area (Å²) in [5.41, 5.74) is 1.30. The van der Waals surface area contributed by atoms with Crippen molar-refractivity contribution in [3.05, 3.63) is 76.6 Å². The van der Waals surface area contributed by atoms with E-state index < -0.39 is 0 Å². The van der Waals surface area contributed by atoms with Gasteiger partial charge in [0, 0.05) is 15.3 Å². The molecule has 98 valence electrons. The van der Waals surface area contributed by atoms with Crippen LogP contribution in [0, 0.1) is 0 Å². The lowest BCUT2D eigenvalue weighted by atomic mass is 10.0. The minimum absolute atomic E-state index is 0.0338. The van der Waals surface area contributed by atoms with E-state index in [4.69, 9.17) is 11.6 Å². The molecule has 3 aromatic rings. The first-order chi connectivity index (χ1) is 9.65. The Morgan fingerprint density at radius 3 is 2.45 bits per heavy atom. The van der Waals surface area contributed by atoms with Gasteiger partial charge in [0.1, 0.15) is 0 Å². The summed E-state index contributed by atoms with van der Waals surface area (Å²) in [6.45, 7) is 3.92. The molecule has 0 aliphatic rings. The molecule has 0 saturated heterocycles. The monoisotopic (exact) mass is 298 g/mol. The minimum atomic E-state index is -0.0338. The Morgan fingerprint density at radius 1 is 1.05 bits per heavy atom. The number of allylic oxidation sites excluding steroid dienone is 1. The molecule has 0 fully saturated rings. The third-order valence-corrected chi connectivity index (χ3v) is 4.48. The van der Waals surface area contributed by atoms with Crippen LogP contribution in [0.2, 0.25) is 5.02 Å². The van der Waals surface area contributed by atoms with Crippen molar-refractivity contribution in [2.75, 3.05) is 0 Å². The Morgan fingerprint density at radius 2 is 1.75 bits per heavy atom. The fourth-order valence-electron chi connectivity index (χ4n) is 2.02. The fourth-order valence-corrected chi connectivity index (χ4v) is 3.18. The van der Waals surface area contributed by atoms with Gasteiger partial charge in [-0.25, -0.2) is 0 Å². The first-order valence-electron chi connectivity index (χ1n) is 6.13. The summed E-state index contributed by atoms with van der Waals surface area (Å²) in [7, 11) is 0. The van der Waals surface area contributed by atoms with Gasteiger partial charge >= 0.3 is 0 Å². The topological polar surface area (TPSA) is 17.1 Å². The zero-order valence-corrected chi connectivity index (χ0v) is 12.2. The minimum Gasteiger partial charge on any atom is -0.288 e. The highest BCUT2D eigenvalue weighted by Gasteiger charge is 2.15. The quantitative estimate of drug-likeness (QED) is 0.464. The normalized spacial score (nSPS) is 10.7. The van der Waals surface area contributed by atoms with Crippen LogP contribution < -0.4 is 0 Å². The highest BCUT2D eigenvalue weighted by Crippen LogP contribution is 2.29. The van der Waals surface area contributed by atoms with Crippen molar-refractivity contribution in [2.24, 2.45) is 0 Å². The molecule has 0 N–H and O–H groups in total. The van der Waals surface area contributed by atoms with Crippen LogP contribution in [0.1, 0.15) is 15.2 Å². The number of hydrogen-bond donors (Lipinski definition) is 0. The molecule has 2 aromatic carbocycles. The Balaban J connectivity index is 1.95. The number of thiophene rings is 1. The highest BCUT2D eigenvalue weighted by atomic mass is 35.5. The van der Waals surface area contributed by atoms with Crippen molar-refractivity contribution in [3.8, 4) is 0 Å². The highest BCUT2D eigenvalue weighted by molar-refractivity contribution is 7.21. The molecule has 0 saturated carbocycles. The molecule has 3 rings (SSSR count). The SMILES string of the molecule is C=C(C(=O)c1cc2ccccc2s1)c1ccc(Cl)cc1. The number of hydrogen-bond acceptors (Lipinski definition) is 2. The molecular formula is C17H11ClOS. The van der Waals surface area contributed by atoms with E-state index in [1.165, 1.54) is 11.3 Å². The van der Waals surface area contributed by atoms with Crippen molar-refractivity contribution >= 4 is 44.4 Å². The second-order valence-electron chi connectivity index (χ2n) is 4.46.